The van der Waals surface area contributed by atoms with Crippen molar-refractivity contribution in [2.24, 2.45) is 0 Å². The highest BCUT2D eigenvalue weighted by atomic mass is 35.5. The van der Waals surface area contributed by atoms with Gasteiger partial charge in [0.15, 0.2) is 0 Å². The zero-order chi connectivity index (χ0) is 7.56. The van der Waals surface area contributed by atoms with Crippen molar-refractivity contribution < 1.29 is 5.11 Å². The van der Waals surface area contributed by atoms with E-state index in [2.05, 4.69) is 0 Å². The smallest absolute Gasteiger partial charge is 0.107 e. The molecule has 0 aliphatic carbocycles. The lowest BCUT2D eigenvalue weighted by molar-refractivity contribution is 0.177. The Bertz CT molecular complexity index is 215. The van der Waals surface area contributed by atoms with Gasteiger partial charge in [0.1, 0.15) is 6.61 Å². The van der Waals surface area contributed by atoms with Gasteiger partial charge < -0.3 is 0 Å². The monoisotopic (exact) mass is 175 g/mol. The summed E-state index contributed by atoms with van der Waals surface area (Å²) in [5.74, 6) is 0. The molecule has 0 saturated heterocycles. The van der Waals surface area contributed by atoms with Crippen LogP contribution in [0.25, 0.3) is 0 Å². The second-order valence-electron chi connectivity index (χ2n) is 1.92. The highest BCUT2D eigenvalue weighted by Gasteiger charge is 1.95. The maximum atomic E-state index is 10.3. The van der Waals surface area contributed by atoms with Crippen molar-refractivity contribution >= 4 is 23.2 Å². The van der Waals surface area contributed by atoms with Crippen molar-refractivity contribution in [1.82, 2.24) is 0 Å². The minimum atomic E-state index is -0.278. The molecule has 1 rings (SSSR count). The van der Waals surface area contributed by atoms with Crippen LogP contribution in [0, 0.1) is 0 Å². The molecule has 1 nitrogen and oxygen atoms in total. The van der Waals surface area contributed by atoms with Crippen LogP contribution in [0.2, 0.25) is 10.0 Å². The molecule has 0 saturated carbocycles. The zero-order valence-electron chi connectivity index (χ0n) is 5.10. The van der Waals surface area contributed by atoms with Crippen LogP contribution in [0.1, 0.15) is 5.56 Å². The quantitative estimate of drug-likeness (QED) is 0.626. The van der Waals surface area contributed by atoms with E-state index in [4.69, 9.17) is 23.2 Å². The van der Waals surface area contributed by atoms with Gasteiger partial charge in [0.25, 0.3) is 0 Å². The Labute approximate surface area is 69.2 Å². The first kappa shape index (κ1) is 7.86. The van der Waals surface area contributed by atoms with Crippen molar-refractivity contribution in [3.05, 3.63) is 33.8 Å². The minimum Gasteiger partial charge on any atom is -0.232 e. The van der Waals surface area contributed by atoms with Crippen molar-refractivity contribution in [3.8, 4) is 0 Å². The molecule has 0 heterocycles. The van der Waals surface area contributed by atoms with E-state index in [9.17, 15) is 5.11 Å². The molecule has 3 heteroatoms. The summed E-state index contributed by atoms with van der Waals surface area (Å²) in [6.45, 7) is -0.278. The Morgan fingerprint density at radius 1 is 1.10 bits per heavy atom. The zero-order valence-corrected chi connectivity index (χ0v) is 6.62. The van der Waals surface area contributed by atoms with E-state index in [1.54, 1.807) is 18.2 Å². The fourth-order valence-electron chi connectivity index (χ4n) is 0.694. The van der Waals surface area contributed by atoms with Crippen molar-refractivity contribution in [3.63, 3.8) is 0 Å². The third kappa shape index (κ3) is 1.87. The number of rotatable bonds is 1. The Morgan fingerprint density at radius 3 is 2.00 bits per heavy atom. The number of halogens is 2. The van der Waals surface area contributed by atoms with Crippen LogP contribution in [-0.2, 0) is 11.7 Å². The molecule has 0 spiro atoms. The molecule has 0 amide bonds. The van der Waals surface area contributed by atoms with Crippen LogP contribution >= 0.6 is 23.2 Å². The molecule has 0 unspecified atom stereocenters. The van der Waals surface area contributed by atoms with Crippen LogP contribution in [0.15, 0.2) is 18.2 Å². The highest BCUT2D eigenvalue weighted by molar-refractivity contribution is 6.34. The van der Waals surface area contributed by atoms with E-state index < -0.39 is 0 Å². The molecule has 0 atom stereocenters. The average Bonchev–Trinajstić information content (AvgIpc) is 1.85. The predicted octanol–water partition coefficient (Wildman–Crippen LogP) is 2.92. The first-order valence-corrected chi connectivity index (χ1v) is 3.51. The van der Waals surface area contributed by atoms with Gasteiger partial charge in [-0.25, -0.2) is 5.11 Å². The van der Waals surface area contributed by atoms with E-state index in [1.807, 2.05) is 0 Å². The predicted molar refractivity (Wildman–Crippen MR) is 40.9 cm³/mol. The molecule has 1 aromatic rings. The summed E-state index contributed by atoms with van der Waals surface area (Å²) >= 11 is 11.2. The van der Waals surface area contributed by atoms with E-state index in [-0.39, 0.29) is 6.61 Å². The fraction of sp³-hybridized carbons (Fsp3) is 0.143. The Morgan fingerprint density at radius 2 is 1.60 bits per heavy atom. The van der Waals surface area contributed by atoms with Crippen LogP contribution in [0.5, 0.6) is 0 Å². The molecule has 0 N–H and O–H groups in total. The van der Waals surface area contributed by atoms with Crippen molar-refractivity contribution in [1.29, 1.82) is 0 Å². The Kier molecular flexibility index (Phi) is 2.55. The van der Waals surface area contributed by atoms with Crippen LogP contribution in [0.4, 0.5) is 0 Å². The molecule has 1 radical (unpaired) electrons. The summed E-state index contributed by atoms with van der Waals surface area (Å²) < 4.78 is 0. The van der Waals surface area contributed by atoms with Gasteiger partial charge in [-0.05, 0) is 23.8 Å². The van der Waals surface area contributed by atoms with E-state index in [1.165, 1.54) is 0 Å². The molecule has 0 aliphatic rings. The van der Waals surface area contributed by atoms with Gasteiger partial charge in [-0.1, -0.05) is 23.2 Å². The normalized spacial score (nSPS) is 9.90. The molecule has 0 bridgehead atoms. The SMILES string of the molecule is [O]Cc1cc(Cl)cc(Cl)c1. The van der Waals surface area contributed by atoms with Gasteiger partial charge in [-0.3, -0.25) is 0 Å². The molecule has 0 aliphatic heterocycles. The topological polar surface area (TPSA) is 19.9 Å². The first-order valence-electron chi connectivity index (χ1n) is 2.75. The molecule has 10 heavy (non-hydrogen) atoms. The van der Waals surface area contributed by atoms with Gasteiger partial charge >= 0.3 is 0 Å². The van der Waals surface area contributed by atoms with E-state index in [0.29, 0.717) is 15.6 Å². The number of hydrogen-bond donors (Lipinski definition) is 0. The molecule has 53 valence electrons. The molecule has 0 aromatic heterocycles. The van der Waals surface area contributed by atoms with Gasteiger partial charge in [-0.2, -0.15) is 0 Å². The molecule has 0 fully saturated rings. The lowest BCUT2D eigenvalue weighted by Gasteiger charge is -1.95. The largest absolute Gasteiger partial charge is 0.232 e. The third-order valence-electron chi connectivity index (χ3n) is 1.09. The summed E-state index contributed by atoms with van der Waals surface area (Å²) in [5.41, 5.74) is 0.623. The number of benzene rings is 1. The molecule has 1 aromatic carbocycles. The van der Waals surface area contributed by atoms with Gasteiger partial charge in [-0.15, -0.1) is 0 Å². The van der Waals surface area contributed by atoms with E-state index >= 15 is 0 Å². The minimum absolute atomic E-state index is 0.278. The van der Waals surface area contributed by atoms with Crippen LogP contribution < -0.4 is 0 Å². The lowest BCUT2D eigenvalue weighted by Crippen LogP contribution is -1.79. The van der Waals surface area contributed by atoms with Crippen molar-refractivity contribution in [2.75, 3.05) is 0 Å². The van der Waals surface area contributed by atoms with Crippen LogP contribution in [-0.4, -0.2) is 0 Å². The molecular formula is C7H5Cl2O. The van der Waals surface area contributed by atoms with Crippen molar-refractivity contribution in [2.45, 2.75) is 6.61 Å². The summed E-state index contributed by atoms with van der Waals surface area (Å²) in [4.78, 5) is 0. The summed E-state index contributed by atoms with van der Waals surface area (Å²) in [5, 5.41) is 11.3. The standard InChI is InChI=1S/C7H5Cl2O/c8-6-1-5(4-10)2-7(9)3-6/h1-3H,4H2. The Hall–Kier alpha value is -0.240. The second kappa shape index (κ2) is 3.24. The van der Waals surface area contributed by atoms with Gasteiger partial charge in [0.2, 0.25) is 0 Å². The summed E-state index contributed by atoms with van der Waals surface area (Å²) in [6.07, 6.45) is 0. The van der Waals surface area contributed by atoms with E-state index in [0.717, 1.165) is 0 Å². The van der Waals surface area contributed by atoms with Crippen LogP contribution in [0.3, 0.4) is 0 Å². The third-order valence-corrected chi connectivity index (χ3v) is 1.53. The maximum Gasteiger partial charge on any atom is 0.107 e. The lowest BCUT2D eigenvalue weighted by atomic mass is 10.2. The summed E-state index contributed by atoms with van der Waals surface area (Å²) in [7, 11) is 0. The fourth-order valence-corrected chi connectivity index (χ4v) is 1.27. The Balaban J connectivity index is 3.06. The summed E-state index contributed by atoms with van der Waals surface area (Å²) in [6, 6.07) is 4.82. The number of hydrogen-bond acceptors (Lipinski definition) is 0. The average molecular weight is 176 g/mol. The van der Waals surface area contributed by atoms with Gasteiger partial charge in [0, 0.05) is 10.0 Å². The second-order valence-corrected chi connectivity index (χ2v) is 2.79. The molecular weight excluding hydrogens is 171 g/mol. The first-order chi connectivity index (χ1) is 4.72. The van der Waals surface area contributed by atoms with Gasteiger partial charge in [0.05, 0.1) is 0 Å². The maximum absolute atomic E-state index is 10.3. The highest BCUT2D eigenvalue weighted by Crippen LogP contribution is 2.18.